The molecule has 1 rings (SSSR count). The summed E-state index contributed by atoms with van der Waals surface area (Å²) in [6.45, 7) is 1.74. The second kappa shape index (κ2) is 4.11. The van der Waals surface area contributed by atoms with Gasteiger partial charge in [-0.05, 0) is 26.7 Å². The number of nitrogens with zero attached hydrogens (tertiary/aromatic N) is 1. The van der Waals surface area contributed by atoms with Crippen molar-refractivity contribution >= 4 is 11.9 Å². The summed E-state index contributed by atoms with van der Waals surface area (Å²) in [6, 6.07) is 0. The van der Waals surface area contributed by atoms with Gasteiger partial charge in [0.2, 0.25) is 0 Å². The molecule has 5 nitrogen and oxygen atoms in total. The molecule has 0 bridgehead atoms. The van der Waals surface area contributed by atoms with E-state index >= 15 is 0 Å². The van der Waals surface area contributed by atoms with E-state index in [0.717, 1.165) is 0 Å². The van der Waals surface area contributed by atoms with Gasteiger partial charge in [-0.2, -0.15) is 13.2 Å². The Kier molecular flexibility index (Phi) is 3.37. The lowest BCUT2D eigenvalue weighted by atomic mass is 9.95. The molecule has 2 atom stereocenters. The predicted molar refractivity (Wildman–Crippen MR) is 55.6 cm³/mol. The van der Waals surface area contributed by atoms with Crippen molar-refractivity contribution < 1.29 is 27.9 Å². The first-order chi connectivity index (χ1) is 7.94. The van der Waals surface area contributed by atoms with E-state index in [-0.39, 0.29) is 13.0 Å². The van der Waals surface area contributed by atoms with E-state index in [2.05, 4.69) is 0 Å². The molecule has 18 heavy (non-hydrogen) atoms. The number of hydrogen-bond donors (Lipinski definition) is 2. The number of carbonyl (C=O) groups excluding carboxylic acids is 1. The van der Waals surface area contributed by atoms with Gasteiger partial charge >= 0.3 is 12.1 Å². The minimum absolute atomic E-state index is 0.0372. The predicted octanol–water partition coefficient (Wildman–Crippen LogP) is 0.732. The maximum atomic E-state index is 12.7. The standard InChI is InChI=1S/C10H15F3N2O3/c1-8(7(17)18)4-3-5-15(8)6(16)9(2,14)10(11,12)13/h3-5,14H2,1-2H3,(H,17,18). The molecule has 0 aliphatic carbocycles. The maximum Gasteiger partial charge on any atom is 0.415 e. The van der Waals surface area contributed by atoms with Gasteiger partial charge in [-0.15, -0.1) is 0 Å². The molecule has 1 aliphatic rings. The van der Waals surface area contributed by atoms with Crippen molar-refractivity contribution in [3.63, 3.8) is 0 Å². The van der Waals surface area contributed by atoms with Crippen LogP contribution < -0.4 is 5.73 Å². The summed E-state index contributed by atoms with van der Waals surface area (Å²) in [5.74, 6) is -2.73. The number of carbonyl (C=O) groups is 2. The molecule has 2 unspecified atom stereocenters. The van der Waals surface area contributed by atoms with E-state index in [9.17, 15) is 22.8 Å². The van der Waals surface area contributed by atoms with E-state index in [1.54, 1.807) is 0 Å². The Morgan fingerprint density at radius 3 is 2.28 bits per heavy atom. The van der Waals surface area contributed by atoms with Gasteiger partial charge in [-0.25, -0.2) is 4.79 Å². The first-order valence-electron chi connectivity index (χ1n) is 5.35. The van der Waals surface area contributed by atoms with Crippen LogP contribution in [0.15, 0.2) is 0 Å². The number of alkyl halides is 3. The Morgan fingerprint density at radius 1 is 1.39 bits per heavy atom. The van der Waals surface area contributed by atoms with Crippen LogP contribution in [0.2, 0.25) is 0 Å². The Hall–Kier alpha value is -1.31. The van der Waals surface area contributed by atoms with Gasteiger partial charge in [0, 0.05) is 6.54 Å². The fraction of sp³-hybridized carbons (Fsp3) is 0.800. The third-order valence-electron chi connectivity index (χ3n) is 3.38. The summed E-state index contributed by atoms with van der Waals surface area (Å²) in [4.78, 5) is 23.7. The van der Waals surface area contributed by atoms with Gasteiger partial charge < -0.3 is 15.7 Å². The van der Waals surface area contributed by atoms with Crippen LogP contribution >= 0.6 is 0 Å². The molecule has 0 spiro atoms. The lowest BCUT2D eigenvalue weighted by Crippen LogP contribution is -2.65. The van der Waals surface area contributed by atoms with Crippen LogP contribution in [0.3, 0.4) is 0 Å². The van der Waals surface area contributed by atoms with Gasteiger partial charge in [-0.3, -0.25) is 4.79 Å². The molecule has 0 saturated carbocycles. The number of aliphatic carboxylic acids is 1. The van der Waals surface area contributed by atoms with Gasteiger partial charge in [0.05, 0.1) is 0 Å². The number of amides is 1. The Labute approximate surface area is 102 Å². The largest absolute Gasteiger partial charge is 0.480 e. The summed E-state index contributed by atoms with van der Waals surface area (Å²) in [5.41, 5.74) is 0.332. The highest BCUT2D eigenvalue weighted by Gasteiger charge is 2.59. The zero-order valence-corrected chi connectivity index (χ0v) is 10.0. The van der Waals surface area contributed by atoms with Crippen LogP contribution in [0.25, 0.3) is 0 Å². The van der Waals surface area contributed by atoms with E-state index in [1.165, 1.54) is 6.92 Å². The molecule has 1 saturated heterocycles. The first-order valence-corrected chi connectivity index (χ1v) is 5.35. The molecule has 1 heterocycles. The molecular formula is C10H15F3N2O3. The van der Waals surface area contributed by atoms with Crippen LogP contribution in [-0.2, 0) is 9.59 Å². The van der Waals surface area contributed by atoms with Crippen molar-refractivity contribution in [2.24, 2.45) is 5.73 Å². The minimum atomic E-state index is -4.92. The Morgan fingerprint density at radius 2 is 1.89 bits per heavy atom. The van der Waals surface area contributed by atoms with Crippen molar-refractivity contribution in [3.05, 3.63) is 0 Å². The Balaban J connectivity index is 3.09. The fourth-order valence-electron chi connectivity index (χ4n) is 1.91. The zero-order chi connectivity index (χ0) is 14.4. The summed E-state index contributed by atoms with van der Waals surface area (Å²) in [5, 5.41) is 9.04. The van der Waals surface area contributed by atoms with Gasteiger partial charge in [0.25, 0.3) is 5.91 Å². The molecule has 3 N–H and O–H groups in total. The Bertz CT molecular complexity index is 381. The number of carboxylic acids is 1. The van der Waals surface area contributed by atoms with Crippen LogP contribution in [-0.4, -0.2) is 45.7 Å². The lowest BCUT2D eigenvalue weighted by molar-refractivity contribution is -0.197. The first kappa shape index (κ1) is 14.7. The summed E-state index contributed by atoms with van der Waals surface area (Å²) in [7, 11) is 0. The number of hydrogen-bond acceptors (Lipinski definition) is 3. The van der Waals surface area contributed by atoms with E-state index in [4.69, 9.17) is 10.8 Å². The molecule has 0 aromatic rings. The van der Waals surface area contributed by atoms with Crippen LogP contribution in [0.4, 0.5) is 13.2 Å². The number of rotatable bonds is 2. The number of likely N-dealkylation sites (tertiary alicyclic amines) is 1. The second-order valence-corrected chi connectivity index (χ2v) is 4.84. The molecule has 1 amide bonds. The maximum absolute atomic E-state index is 12.7. The molecular weight excluding hydrogens is 253 g/mol. The highest BCUT2D eigenvalue weighted by Crippen LogP contribution is 2.36. The fourth-order valence-corrected chi connectivity index (χ4v) is 1.91. The van der Waals surface area contributed by atoms with Crippen LogP contribution in [0, 0.1) is 0 Å². The number of halogens is 3. The number of carboxylic acid groups (broad SMARTS) is 1. The third kappa shape index (κ3) is 2.05. The van der Waals surface area contributed by atoms with Crippen molar-refractivity contribution in [1.29, 1.82) is 0 Å². The SMILES string of the molecule is CC1(C(=O)O)CCCN1C(=O)C(C)(N)C(F)(F)F. The summed E-state index contributed by atoms with van der Waals surface area (Å²) in [6.07, 6.45) is -4.48. The normalized spacial score (nSPS) is 28.0. The molecule has 0 radical (unpaired) electrons. The lowest BCUT2D eigenvalue weighted by Gasteiger charge is -2.37. The zero-order valence-electron chi connectivity index (χ0n) is 10.0. The van der Waals surface area contributed by atoms with E-state index in [0.29, 0.717) is 18.2 Å². The molecule has 104 valence electrons. The van der Waals surface area contributed by atoms with E-state index < -0.39 is 29.1 Å². The van der Waals surface area contributed by atoms with Crippen molar-refractivity contribution in [2.45, 2.75) is 43.9 Å². The van der Waals surface area contributed by atoms with Crippen molar-refractivity contribution in [1.82, 2.24) is 4.90 Å². The van der Waals surface area contributed by atoms with Gasteiger partial charge in [0.15, 0.2) is 5.54 Å². The van der Waals surface area contributed by atoms with Gasteiger partial charge in [-0.1, -0.05) is 0 Å². The average Bonchev–Trinajstić information content (AvgIpc) is 2.58. The topological polar surface area (TPSA) is 83.6 Å². The highest BCUT2D eigenvalue weighted by atomic mass is 19.4. The van der Waals surface area contributed by atoms with E-state index in [1.807, 2.05) is 0 Å². The molecule has 1 fully saturated rings. The second-order valence-electron chi connectivity index (χ2n) is 4.84. The summed E-state index contributed by atoms with van der Waals surface area (Å²) < 4.78 is 38.0. The molecule has 0 aromatic heterocycles. The highest BCUT2D eigenvalue weighted by molar-refractivity contribution is 5.92. The monoisotopic (exact) mass is 268 g/mol. The molecule has 8 heteroatoms. The van der Waals surface area contributed by atoms with Crippen molar-refractivity contribution in [2.75, 3.05) is 6.54 Å². The number of nitrogens with two attached hydrogens (primary N) is 1. The molecule has 0 aromatic carbocycles. The smallest absolute Gasteiger partial charge is 0.415 e. The van der Waals surface area contributed by atoms with Crippen molar-refractivity contribution in [3.8, 4) is 0 Å². The average molecular weight is 268 g/mol. The summed E-state index contributed by atoms with van der Waals surface area (Å²) >= 11 is 0. The molecule has 1 aliphatic heterocycles. The van der Waals surface area contributed by atoms with Crippen LogP contribution in [0.5, 0.6) is 0 Å². The minimum Gasteiger partial charge on any atom is -0.480 e. The van der Waals surface area contributed by atoms with Crippen LogP contribution in [0.1, 0.15) is 26.7 Å². The third-order valence-corrected chi connectivity index (χ3v) is 3.38. The quantitative estimate of drug-likeness (QED) is 0.773. The van der Waals surface area contributed by atoms with Gasteiger partial charge in [0.1, 0.15) is 5.54 Å².